The molecule has 3 nitrogen and oxygen atoms in total. The Kier molecular flexibility index (Phi) is 4.27. The summed E-state index contributed by atoms with van der Waals surface area (Å²) in [5, 5.41) is 2.92. The van der Waals surface area contributed by atoms with Crippen LogP contribution in [0.4, 0.5) is 14.6 Å². The van der Waals surface area contributed by atoms with E-state index in [1.54, 1.807) is 26.0 Å². The average molecular weight is 277 g/mol. The minimum absolute atomic E-state index is 0.162. The fourth-order valence-electron chi connectivity index (χ4n) is 1.78. The average Bonchev–Trinajstić information content (AvgIpc) is 2.43. The van der Waals surface area contributed by atoms with Crippen molar-refractivity contribution in [2.24, 2.45) is 0 Å². The molecule has 0 saturated heterocycles. The first-order chi connectivity index (χ1) is 9.52. The lowest BCUT2D eigenvalue weighted by molar-refractivity contribution is 0.605. The molecule has 0 radical (unpaired) electrons. The van der Waals surface area contributed by atoms with Gasteiger partial charge in [0.1, 0.15) is 5.82 Å². The van der Waals surface area contributed by atoms with E-state index in [-0.39, 0.29) is 17.3 Å². The Morgan fingerprint density at radius 2 is 1.90 bits per heavy atom. The highest BCUT2D eigenvalue weighted by atomic mass is 19.1. The van der Waals surface area contributed by atoms with Gasteiger partial charge in [0, 0.05) is 12.1 Å². The standard InChI is InChI=1S/C15H17F2N3/c1-4-7-18-15-13(17)10(3)19-14(20-15)11-6-5-9(2)12(16)8-11/h5-6,8H,4,7H2,1-3H3,(H,18,19,20). The predicted octanol–water partition coefficient (Wildman–Crippen LogP) is 3.86. The van der Waals surface area contributed by atoms with E-state index < -0.39 is 5.82 Å². The van der Waals surface area contributed by atoms with Gasteiger partial charge in [0.15, 0.2) is 17.5 Å². The third-order valence-electron chi connectivity index (χ3n) is 2.99. The van der Waals surface area contributed by atoms with E-state index in [9.17, 15) is 8.78 Å². The van der Waals surface area contributed by atoms with Crippen LogP contribution in [0.1, 0.15) is 24.6 Å². The number of aryl methyl sites for hydroxylation is 2. The lowest BCUT2D eigenvalue weighted by atomic mass is 10.1. The van der Waals surface area contributed by atoms with Crippen molar-refractivity contribution in [1.82, 2.24) is 9.97 Å². The Bertz CT molecular complexity index is 627. The van der Waals surface area contributed by atoms with Crippen LogP contribution in [0.25, 0.3) is 11.4 Å². The summed E-state index contributed by atoms with van der Waals surface area (Å²) < 4.78 is 27.5. The Hall–Kier alpha value is -2.04. The topological polar surface area (TPSA) is 37.8 Å². The van der Waals surface area contributed by atoms with Gasteiger partial charge in [0.05, 0.1) is 5.69 Å². The molecule has 1 N–H and O–H groups in total. The first-order valence-electron chi connectivity index (χ1n) is 6.57. The zero-order valence-corrected chi connectivity index (χ0v) is 11.8. The van der Waals surface area contributed by atoms with Gasteiger partial charge in [-0.3, -0.25) is 0 Å². The van der Waals surface area contributed by atoms with E-state index >= 15 is 0 Å². The molecule has 0 amide bonds. The van der Waals surface area contributed by atoms with Crippen molar-refractivity contribution in [2.75, 3.05) is 11.9 Å². The molecule has 2 rings (SSSR count). The van der Waals surface area contributed by atoms with Crippen molar-refractivity contribution in [3.05, 3.63) is 41.1 Å². The molecule has 2 aromatic rings. The third-order valence-corrected chi connectivity index (χ3v) is 2.99. The zero-order valence-electron chi connectivity index (χ0n) is 11.8. The van der Waals surface area contributed by atoms with E-state index in [0.29, 0.717) is 23.5 Å². The van der Waals surface area contributed by atoms with Gasteiger partial charge in [0.2, 0.25) is 0 Å². The molecule has 0 aliphatic rings. The number of hydrogen-bond donors (Lipinski definition) is 1. The number of aromatic nitrogens is 2. The smallest absolute Gasteiger partial charge is 0.186 e. The molecule has 0 unspecified atom stereocenters. The van der Waals surface area contributed by atoms with E-state index in [1.165, 1.54) is 6.07 Å². The molecule has 0 saturated carbocycles. The third kappa shape index (κ3) is 2.92. The van der Waals surface area contributed by atoms with Crippen LogP contribution in [0.2, 0.25) is 0 Å². The van der Waals surface area contributed by atoms with Crippen molar-refractivity contribution in [2.45, 2.75) is 27.2 Å². The monoisotopic (exact) mass is 277 g/mol. The van der Waals surface area contributed by atoms with E-state index in [2.05, 4.69) is 15.3 Å². The number of halogens is 2. The van der Waals surface area contributed by atoms with Gasteiger partial charge in [-0.2, -0.15) is 0 Å². The number of hydrogen-bond acceptors (Lipinski definition) is 3. The molecule has 0 bridgehead atoms. The molecular formula is C15H17F2N3. The molecule has 20 heavy (non-hydrogen) atoms. The molecule has 1 aromatic heterocycles. The Labute approximate surface area is 117 Å². The molecule has 0 fully saturated rings. The van der Waals surface area contributed by atoms with Crippen molar-refractivity contribution in [3.8, 4) is 11.4 Å². The van der Waals surface area contributed by atoms with Gasteiger partial charge >= 0.3 is 0 Å². The van der Waals surface area contributed by atoms with Crippen molar-refractivity contribution in [3.63, 3.8) is 0 Å². The van der Waals surface area contributed by atoms with Crippen molar-refractivity contribution in [1.29, 1.82) is 0 Å². The van der Waals surface area contributed by atoms with Crippen LogP contribution in [-0.4, -0.2) is 16.5 Å². The van der Waals surface area contributed by atoms with Gasteiger partial charge in [-0.15, -0.1) is 0 Å². The molecule has 0 atom stereocenters. The summed E-state index contributed by atoms with van der Waals surface area (Å²) in [4.78, 5) is 8.24. The van der Waals surface area contributed by atoms with Gasteiger partial charge in [-0.05, 0) is 31.9 Å². The fourth-order valence-corrected chi connectivity index (χ4v) is 1.78. The molecule has 106 valence electrons. The largest absolute Gasteiger partial charge is 0.368 e. The molecule has 1 heterocycles. The summed E-state index contributed by atoms with van der Waals surface area (Å²) in [5.74, 6) is -0.303. The quantitative estimate of drug-likeness (QED) is 0.922. The van der Waals surface area contributed by atoms with Gasteiger partial charge in [-0.1, -0.05) is 19.1 Å². The summed E-state index contributed by atoms with van der Waals surface area (Å²) in [6.45, 7) is 5.86. The van der Waals surface area contributed by atoms with E-state index in [0.717, 1.165) is 6.42 Å². The number of anilines is 1. The second-order valence-electron chi connectivity index (χ2n) is 4.69. The predicted molar refractivity (Wildman–Crippen MR) is 75.6 cm³/mol. The second kappa shape index (κ2) is 5.94. The lowest BCUT2D eigenvalue weighted by Crippen LogP contribution is -2.08. The number of nitrogens with one attached hydrogen (secondary N) is 1. The maximum atomic E-state index is 13.9. The highest BCUT2D eigenvalue weighted by Gasteiger charge is 2.13. The fraction of sp³-hybridized carbons (Fsp3) is 0.333. The van der Waals surface area contributed by atoms with Gasteiger partial charge in [-0.25, -0.2) is 18.7 Å². The zero-order chi connectivity index (χ0) is 14.7. The summed E-state index contributed by atoms with van der Waals surface area (Å²) in [5.41, 5.74) is 1.34. The Morgan fingerprint density at radius 1 is 1.15 bits per heavy atom. The first-order valence-corrected chi connectivity index (χ1v) is 6.57. The van der Waals surface area contributed by atoms with Gasteiger partial charge in [0.25, 0.3) is 0 Å². The van der Waals surface area contributed by atoms with Crippen LogP contribution in [0.15, 0.2) is 18.2 Å². The lowest BCUT2D eigenvalue weighted by Gasteiger charge is -2.10. The molecule has 0 spiro atoms. The summed E-state index contributed by atoms with van der Waals surface area (Å²) in [6.07, 6.45) is 0.858. The summed E-state index contributed by atoms with van der Waals surface area (Å²) in [6, 6.07) is 4.76. The number of rotatable bonds is 4. The van der Waals surface area contributed by atoms with Crippen LogP contribution in [-0.2, 0) is 0 Å². The first kappa shape index (κ1) is 14.4. The molecule has 0 aliphatic heterocycles. The summed E-state index contributed by atoms with van der Waals surface area (Å²) in [7, 11) is 0. The van der Waals surface area contributed by atoms with Crippen LogP contribution < -0.4 is 5.32 Å². The highest BCUT2D eigenvalue weighted by Crippen LogP contribution is 2.22. The summed E-state index contributed by atoms with van der Waals surface area (Å²) >= 11 is 0. The maximum Gasteiger partial charge on any atom is 0.186 e. The molecule has 1 aromatic carbocycles. The second-order valence-corrected chi connectivity index (χ2v) is 4.69. The van der Waals surface area contributed by atoms with E-state index in [1.807, 2.05) is 6.92 Å². The van der Waals surface area contributed by atoms with Crippen LogP contribution >= 0.6 is 0 Å². The number of nitrogens with zero attached hydrogens (tertiary/aromatic N) is 2. The Morgan fingerprint density at radius 3 is 2.55 bits per heavy atom. The molecule has 5 heteroatoms. The van der Waals surface area contributed by atoms with Gasteiger partial charge < -0.3 is 5.32 Å². The van der Waals surface area contributed by atoms with Crippen LogP contribution in [0, 0.1) is 25.5 Å². The minimum Gasteiger partial charge on any atom is -0.368 e. The SMILES string of the molecule is CCCNc1nc(-c2ccc(C)c(F)c2)nc(C)c1F. The van der Waals surface area contributed by atoms with Crippen LogP contribution in [0.5, 0.6) is 0 Å². The van der Waals surface area contributed by atoms with Crippen LogP contribution in [0.3, 0.4) is 0 Å². The normalized spacial score (nSPS) is 10.7. The number of benzene rings is 1. The van der Waals surface area contributed by atoms with E-state index in [4.69, 9.17) is 0 Å². The van der Waals surface area contributed by atoms with Crippen molar-refractivity contribution < 1.29 is 8.78 Å². The Balaban J connectivity index is 2.45. The maximum absolute atomic E-state index is 13.9. The minimum atomic E-state index is -0.463. The highest BCUT2D eigenvalue weighted by molar-refractivity contribution is 5.58. The molecular weight excluding hydrogens is 260 g/mol. The van der Waals surface area contributed by atoms with Crippen molar-refractivity contribution >= 4 is 5.82 Å². The molecule has 0 aliphatic carbocycles.